The van der Waals surface area contributed by atoms with Gasteiger partial charge in [0.2, 0.25) is 0 Å². The van der Waals surface area contributed by atoms with Crippen LogP contribution in [0, 0.1) is 0 Å². The minimum atomic E-state index is -0.972. The van der Waals surface area contributed by atoms with Crippen molar-refractivity contribution in [3.05, 3.63) is 23.8 Å². The molecule has 0 spiro atoms. The van der Waals surface area contributed by atoms with Gasteiger partial charge in [0.15, 0.2) is 0 Å². The Hall–Kier alpha value is -1.71. The lowest BCUT2D eigenvalue weighted by Crippen LogP contribution is -2.16. The molecular weight excluding hydrogens is 292 g/mol. The molecule has 0 aliphatic rings. The number of carboxylic acid groups (broad SMARTS) is 1. The first-order valence-electron chi connectivity index (χ1n) is 8.79. The second-order valence-electron chi connectivity index (χ2n) is 5.84. The van der Waals surface area contributed by atoms with Gasteiger partial charge in [-0.25, -0.2) is 4.79 Å². The van der Waals surface area contributed by atoms with Crippen molar-refractivity contribution >= 4 is 5.97 Å². The third-order valence-corrected chi connectivity index (χ3v) is 3.71. The molecule has 0 unspecified atom stereocenters. The number of carbonyl (C=O) groups is 1. The maximum atomic E-state index is 11.3. The van der Waals surface area contributed by atoms with Crippen molar-refractivity contribution in [3.8, 4) is 11.5 Å². The van der Waals surface area contributed by atoms with Gasteiger partial charge < -0.3 is 14.6 Å². The van der Waals surface area contributed by atoms with Crippen LogP contribution in [0.4, 0.5) is 0 Å². The van der Waals surface area contributed by atoms with Gasteiger partial charge in [-0.3, -0.25) is 0 Å². The molecule has 0 aliphatic carbocycles. The van der Waals surface area contributed by atoms with Crippen LogP contribution < -0.4 is 9.47 Å². The SMILES string of the molecule is CCCCCOc1cc(OC(CCC)CCC)ccc1C(=O)O. The summed E-state index contributed by atoms with van der Waals surface area (Å²) in [5.41, 5.74) is 0.191. The molecule has 4 nitrogen and oxygen atoms in total. The zero-order valence-electron chi connectivity index (χ0n) is 14.6. The first-order chi connectivity index (χ1) is 11.1. The van der Waals surface area contributed by atoms with E-state index in [9.17, 15) is 9.90 Å². The Morgan fingerprint density at radius 3 is 2.35 bits per heavy atom. The van der Waals surface area contributed by atoms with E-state index in [1.54, 1.807) is 18.2 Å². The Morgan fingerprint density at radius 1 is 1.09 bits per heavy atom. The number of unbranched alkanes of at least 4 members (excludes halogenated alkanes) is 2. The van der Waals surface area contributed by atoms with Crippen LogP contribution >= 0.6 is 0 Å². The number of ether oxygens (including phenoxy) is 2. The van der Waals surface area contributed by atoms with Crippen LogP contribution in [0.3, 0.4) is 0 Å². The zero-order chi connectivity index (χ0) is 17.1. The molecule has 0 aromatic heterocycles. The normalized spacial score (nSPS) is 10.8. The highest BCUT2D eigenvalue weighted by Gasteiger charge is 2.15. The van der Waals surface area contributed by atoms with Crippen molar-refractivity contribution in [2.45, 2.75) is 71.8 Å². The molecule has 0 atom stereocenters. The highest BCUT2D eigenvalue weighted by Crippen LogP contribution is 2.27. The topological polar surface area (TPSA) is 55.8 Å². The number of aromatic carboxylic acids is 1. The van der Waals surface area contributed by atoms with Gasteiger partial charge in [0.1, 0.15) is 17.1 Å². The van der Waals surface area contributed by atoms with E-state index in [0.717, 1.165) is 44.9 Å². The van der Waals surface area contributed by atoms with Gasteiger partial charge in [0.05, 0.1) is 12.7 Å². The molecule has 1 rings (SSSR count). The van der Waals surface area contributed by atoms with Gasteiger partial charge in [0.25, 0.3) is 0 Å². The lowest BCUT2D eigenvalue weighted by Gasteiger charge is -2.19. The number of rotatable bonds is 12. The average molecular weight is 322 g/mol. The van der Waals surface area contributed by atoms with Crippen molar-refractivity contribution in [2.24, 2.45) is 0 Å². The van der Waals surface area contributed by atoms with E-state index in [1.165, 1.54) is 0 Å². The van der Waals surface area contributed by atoms with Gasteiger partial charge in [-0.05, 0) is 31.4 Å². The molecule has 1 aromatic rings. The quantitative estimate of drug-likeness (QED) is 0.530. The molecule has 0 saturated heterocycles. The third kappa shape index (κ3) is 6.93. The van der Waals surface area contributed by atoms with Gasteiger partial charge in [-0.15, -0.1) is 0 Å². The fraction of sp³-hybridized carbons (Fsp3) is 0.632. The second-order valence-corrected chi connectivity index (χ2v) is 5.84. The summed E-state index contributed by atoms with van der Waals surface area (Å²) >= 11 is 0. The van der Waals surface area contributed by atoms with E-state index >= 15 is 0 Å². The summed E-state index contributed by atoms with van der Waals surface area (Å²) in [7, 11) is 0. The Bertz CT molecular complexity index is 464. The highest BCUT2D eigenvalue weighted by atomic mass is 16.5. The van der Waals surface area contributed by atoms with Crippen LogP contribution in [-0.4, -0.2) is 23.8 Å². The molecule has 1 aromatic carbocycles. The third-order valence-electron chi connectivity index (χ3n) is 3.71. The van der Waals surface area contributed by atoms with Crippen molar-refractivity contribution in [1.82, 2.24) is 0 Å². The number of benzene rings is 1. The van der Waals surface area contributed by atoms with Gasteiger partial charge in [-0.1, -0.05) is 46.5 Å². The molecule has 23 heavy (non-hydrogen) atoms. The first kappa shape index (κ1) is 19.3. The first-order valence-corrected chi connectivity index (χ1v) is 8.79. The number of hydrogen-bond donors (Lipinski definition) is 1. The van der Waals surface area contributed by atoms with Gasteiger partial charge in [-0.2, -0.15) is 0 Å². The molecule has 0 heterocycles. The lowest BCUT2D eigenvalue weighted by molar-refractivity contribution is 0.0692. The van der Waals surface area contributed by atoms with Crippen molar-refractivity contribution in [3.63, 3.8) is 0 Å². The van der Waals surface area contributed by atoms with Gasteiger partial charge in [0, 0.05) is 6.07 Å². The van der Waals surface area contributed by atoms with Crippen molar-refractivity contribution < 1.29 is 19.4 Å². The maximum Gasteiger partial charge on any atom is 0.339 e. The minimum absolute atomic E-state index is 0.175. The Balaban J connectivity index is 2.82. The maximum absolute atomic E-state index is 11.3. The molecule has 0 fully saturated rings. The van der Waals surface area contributed by atoms with Crippen molar-refractivity contribution in [2.75, 3.05) is 6.61 Å². The number of carboxylic acids is 1. The molecule has 0 aliphatic heterocycles. The predicted octanol–water partition coefficient (Wildman–Crippen LogP) is 5.30. The fourth-order valence-corrected chi connectivity index (χ4v) is 2.50. The summed E-state index contributed by atoms with van der Waals surface area (Å²) in [5, 5.41) is 9.29. The Kier molecular flexibility index (Phi) is 9.18. The minimum Gasteiger partial charge on any atom is -0.493 e. The molecule has 0 saturated carbocycles. The van der Waals surface area contributed by atoms with Crippen LogP contribution in [0.15, 0.2) is 18.2 Å². The summed E-state index contributed by atoms with van der Waals surface area (Å²) in [5.74, 6) is 0.117. The second kappa shape index (κ2) is 10.9. The van der Waals surface area contributed by atoms with Crippen LogP contribution in [-0.2, 0) is 0 Å². The van der Waals surface area contributed by atoms with E-state index in [4.69, 9.17) is 9.47 Å². The van der Waals surface area contributed by atoms with Gasteiger partial charge >= 0.3 is 5.97 Å². The van der Waals surface area contributed by atoms with E-state index < -0.39 is 5.97 Å². The smallest absolute Gasteiger partial charge is 0.339 e. The van der Waals surface area contributed by atoms with Crippen LogP contribution in [0.25, 0.3) is 0 Å². The molecule has 0 bridgehead atoms. The Morgan fingerprint density at radius 2 is 1.78 bits per heavy atom. The fourth-order valence-electron chi connectivity index (χ4n) is 2.50. The van der Waals surface area contributed by atoms with E-state index in [-0.39, 0.29) is 11.7 Å². The molecule has 0 amide bonds. The van der Waals surface area contributed by atoms with E-state index in [1.807, 2.05) is 0 Å². The lowest BCUT2D eigenvalue weighted by atomic mass is 10.1. The summed E-state index contributed by atoms with van der Waals surface area (Å²) in [6.45, 7) is 6.94. The molecule has 130 valence electrons. The van der Waals surface area contributed by atoms with Crippen LogP contribution in [0.5, 0.6) is 11.5 Å². The predicted molar refractivity (Wildman–Crippen MR) is 92.7 cm³/mol. The molecule has 0 radical (unpaired) electrons. The molecule has 4 heteroatoms. The molecule has 1 N–H and O–H groups in total. The van der Waals surface area contributed by atoms with Crippen LogP contribution in [0.1, 0.15) is 76.1 Å². The average Bonchev–Trinajstić information content (AvgIpc) is 2.52. The number of hydrogen-bond acceptors (Lipinski definition) is 3. The summed E-state index contributed by atoms with van der Waals surface area (Å²) in [6.07, 6.45) is 7.42. The molecular formula is C19H30O4. The summed E-state index contributed by atoms with van der Waals surface area (Å²) in [4.78, 5) is 11.3. The summed E-state index contributed by atoms with van der Waals surface area (Å²) in [6, 6.07) is 5.01. The zero-order valence-corrected chi connectivity index (χ0v) is 14.6. The van der Waals surface area contributed by atoms with Crippen LogP contribution in [0.2, 0.25) is 0 Å². The largest absolute Gasteiger partial charge is 0.493 e. The van der Waals surface area contributed by atoms with E-state index in [0.29, 0.717) is 18.1 Å². The van der Waals surface area contributed by atoms with Crippen molar-refractivity contribution in [1.29, 1.82) is 0 Å². The van der Waals surface area contributed by atoms with E-state index in [2.05, 4.69) is 20.8 Å². The monoisotopic (exact) mass is 322 g/mol. The summed E-state index contributed by atoms with van der Waals surface area (Å²) < 4.78 is 11.7. The standard InChI is InChI=1S/C19H30O4/c1-4-7-8-13-22-18-14-16(11-12-17(18)19(20)21)23-15(9-5-2)10-6-3/h11-12,14-15H,4-10,13H2,1-3H3,(H,20,21). The highest BCUT2D eigenvalue weighted by molar-refractivity contribution is 5.91. The Labute approximate surface area is 139 Å².